The second-order valence-corrected chi connectivity index (χ2v) is 5.78. The molecule has 2 aliphatic heterocycles. The van der Waals surface area contributed by atoms with Crippen molar-refractivity contribution >= 4 is 0 Å². The fourth-order valence-electron chi connectivity index (χ4n) is 3.40. The van der Waals surface area contributed by atoms with Crippen LogP contribution in [0.1, 0.15) is 58.3 Å². The van der Waals surface area contributed by atoms with Crippen molar-refractivity contribution in [2.24, 2.45) is 0 Å². The summed E-state index contributed by atoms with van der Waals surface area (Å²) < 4.78 is 5.82. The average molecular weight is 250 g/mol. The second kappa shape index (κ2) is 6.54. The van der Waals surface area contributed by atoms with E-state index in [2.05, 4.69) is 17.9 Å². The maximum atomic E-state index is 9.72. The van der Waals surface area contributed by atoms with Crippen molar-refractivity contribution in [2.75, 3.05) is 19.7 Å². The summed E-state index contributed by atoms with van der Waals surface area (Å²) >= 11 is 0. The lowest BCUT2D eigenvalue weighted by Gasteiger charge is -2.43. The maximum Gasteiger partial charge on any atom is 0.113 e. The summed E-state index contributed by atoms with van der Waals surface area (Å²) in [6, 6.07) is 2.65. The molecule has 0 aromatic carbocycles. The minimum absolute atomic E-state index is 0.234. The molecule has 2 heterocycles. The summed E-state index contributed by atoms with van der Waals surface area (Å²) in [6.45, 7) is 5.16. The number of hydrogen-bond donors (Lipinski definition) is 0. The Bertz CT molecular complexity index is 289. The highest BCUT2D eigenvalue weighted by Crippen LogP contribution is 2.33. The molecule has 2 rings (SSSR count). The third kappa shape index (κ3) is 3.05. The van der Waals surface area contributed by atoms with Gasteiger partial charge in [0.25, 0.3) is 0 Å². The van der Waals surface area contributed by atoms with Crippen LogP contribution in [0.2, 0.25) is 0 Å². The van der Waals surface area contributed by atoms with Gasteiger partial charge in [0.05, 0.1) is 12.2 Å². The van der Waals surface area contributed by atoms with Crippen molar-refractivity contribution in [3.63, 3.8) is 0 Å². The van der Waals surface area contributed by atoms with Gasteiger partial charge < -0.3 is 4.74 Å². The molecule has 0 aliphatic carbocycles. The second-order valence-electron chi connectivity index (χ2n) is 5.78. The first-order valence-corrected chi connectivity index (χ1v) is 7.58. The largest absolute Gasteiger partial charge is 0.378 e. The number of ether oxygens (including phenoxy) is 1. The predicted octanol–water partition coefficient (Wildman–Crippen LogP) is 3.10. The minimum atomic E-state index is -0.234. The summed E-state index contributed by atoms with van der Waals surface area (Å²) in [5.41, 5.74) is -0.234. The summed E-state index contributed by atoms with van der Waals surface area (Å²) in [6.07, 6.45) is 9.50. The molecule has 2 saturated heterocycles. The van der Waals surface area contributed by atoms with Crippen LogP contribution in [-0.4, -0.2) is 36.2 Å². The minimum Gasteiger partial charge on any atom is -0.378 e. The Morgan fingerprint density at radius 3 is 2.61 bits per heavy atom. The Balaban J connectivity index is 2.06. The number of rotatable bonds is 3. The van der Waals surface area contributed by atoms with Crippen LogP contribution in [-0.2, 0) is 4.74 Å². The lowest BCUT2D eigenvalue weighted by molar-refractivity contribution is -0.0548. The average Bonchev–Trinajstić information content (AvgIpc) is 2.68. The maximum absolute atomic E-state index is 9.72. The molecule has 2 unspecified atom stereocenters. The van der Waals surface area contributed by atoms with E-state index in [1.807, 2.05) is 0 Å². The quantitative estimate of drug-likeness (QED) is 0.772. The van der Waals surface area contributed by atoms with Crippen LogP contribution in [0.25, 0.3) is 0 Å². The van der Waals surface area contributed by atoms with E-state index in [9.17, 15) is 5.26 Å². The Morgan fingerprint density at radius 2 is 2.00 bits per heavy atom. The fourth-order valence-corrected chi connectivity index (χ4v) is 3.40. The lowest BCUT2D eigenvalue weighted by atomic mass is 9.84. The predicted molar refractivity (Wildman–Crippen MR) is 72.3 cm³/mol. The summed E-state index contributed by atoms with van der Waals surface area (Å²) in [4.78, 5) is 2.46. The van der Waals surface area contributed by atoms with Gasteiger partial charge in [-0.05, 0) is 32.4 Å². The SMILES string of the molecule is CCCC1CC(C#N)(N2CCCCCC2)CCO1. The Morgan fingerprint density at radius 1 is 1.28 bits per heavy atom. The van der Waals surface area contributed by atoms with E-state index in [0.29, 0.717) is 6.10 Å². The summed E-state index contributed by atoms with van der Waals surface area (Å²) in [5.74, 6) is 0. The van der Waals surface area contributed by atoms with E-state index in [-0.39, 0.29) is 5.54 Å². The van der Waals surface area contributed by atoms with Gasteiger partial charge in [-0.25, -0.2) is 0 Å². The van der Waals surface area contributed by atoms with Gasteiger partial charge >= 0.3 is 0 Å². The van der Waals surface area contributed by atoms with Gasteiger partial charge in [-0.2, -0.15) is 5.26 Å². The first-order chi connectivity index (χ1) is 8.80. The summed E-state index contributed by atoms with van der Waals surface area (Å²) in [7, 11) is 0. The van der Waals surface area contributed by atoms with Crippen LogP contribution in [0.4, 0.5) is 0 Å². The third-order valence-corrected chi connectivity index (χ3v) is 4.46. The summed E-state index contributed by atoms with van der Waals surface area (Å²) in [5, 5.41) is 9.72. The lowest BCUT2D eigenvalue weighted by Crippen LogP contribution is -2.53. The highest BCUT2D eigenvalue weighted by molar-refractivity contribution is 5.11. The van der Waals surface area contributed by atoms with Crippen molar-refractivity contribution < 1.29 is 4.74 Å². The van der Waals surface area contributed by atoms with Crippen LogP contribution in [0.5, 0.6) is 0 Å². The van der Waals surface area contributed by atoms with E-state index in [4.69, 9.17) is 4.74 Å². The molecular weight excluding hydrogens is 224 g/mol. The molecule has 2 fully saturated rings. The molecule has 18 heavy (non-hydrogen) atoms. The molecule has 3 heteroatoms. The zero-order chi connectivity index (χ0) is 12.8. The van der Waals surface area contributed by atoms with Gasteiger partial charge in [-0.1, -0.05) is 26.2 Å². The van der Waals surface area contributed by atoms with Crippen LogP contribution >= 0.6 is 0 Å². The van der Waals surface area contributed by atoms with E-state index in [1.165, 1.54) is 25.7 Å². The van der Waals surface area contributed by atoms with Gasteiger partial charge in [-0.3, -0.25) is 4.90 Å². The van der Waals surface area contributed by atoms with Gasteiger partial charge in [-0.15, -0.1) is 0 Å². The van der Waals surface area contributed by atoms with E-state index >= 15 is 0 Å². The molecule has 2 aliphatic rings. The molecule has 102 valence electrons. The molecule has 0 spiro atoms. The molecule has 0 aromatic heterocycles. The molecule has 0 bridgehead atoms. The number of nitriles is 1. The molecule has 2 atom stereocenters. The van der Waals surface area contributed by atoms with Crippen molar-refractivity contribution in [3.05, 3.63) is 0 Å². The topological polar surface area (TPSA) is 36.3 Å². The molecule has 0 N–H and O–H groups in total. The van der Waals surface area contributed by atoms with Gasteiger partial charge in [0.2, 0.25) is 0 Å². The smallest absolute Gasteiger partial charge is 0.113 e. The molecule has 0 radical (unpaired) electrons. The first kappa shape index (κ1) is 13.8. The van der Waals surface area contributed by atoms with Gasteiger partial charge in [0.1, 0.15) is 5.54 Å². The van der Waals surface area contributed by atoms with E-state index < -0.39 is 0 Å². The van der Waals surface area contributed by atoms with Crippen LogP contribution in [0, 0.1) is 11.3 Å². The highest BCUT2D eigenvalue weighted by atomic mass is 16.5. The van der Waals surface area contributed by atoms with Gasteiger partial charge in [0.15, 0.2) is 0 Å². The highest BCUT2D eigenvalue weighted by Gasteiger charge is 2.41. The van der Waals surface area contributed by atoms with Gasteiger partial charge in [0, 0.05) is 19.4 Å². The van der Waals surface area contributed by atoms with Crippen LogP contribution in [0.3, 0.4) is 0 Å². The zero-order valence-electron chi connectivity index (χ0n) is 11.7. The Hall–Kier alpha value is -0.590. The van der Waals surface area contributed by atoms with Crippen LogP contribution < -0.4 is 0 Å². The van der Waals surface area contributed by atoms with Crippen molar-refractivity contribution in [3.8, 4) is 6.07 Å². The first-order valence-electron chi connectivity index (χ1n) is 7.58. The van der Waals surface area contributed by atoms with Crippen LogP contribution in [0.15, 0.2) is 0 Å². The molecule has 3 nitrogen and oxygen atoms in total. The van der Waals surface area contributed by atoms with Crippen molar-refractivity contribution in [1.29, 1.82) is 5.26 Å². The van der Waals surface area contributed by atoms with E-state index in [1.54, 1.807) is 0 Å². The standard InChI is InChI=1S/C15H26N2O/c1-2-7-14-12-15(13-16,8-11-18-14)17-9-5-3-4-6-10-17/h14H,2-12H2,1H3. The number of hydrogen-bond acceptors (Lipinski definition) is 3. The fraction of sp³-hybridized carbons (Fsp3) is 0.933. The molecular formula is C15H26N2O. The normalized spacial score (nSPS) is 34.8. The van der Waals surface area contributed by atoms with Crippen molar-refractivity contribution in [2.45, 2.75) is 69.9 Å². The Kier molecular flexibility index (Phi) is 5.03. The van der Waals surface area contributed by atoms with E-state index in [0.717, 1.165) is 45.4 Å². The monoisotopic (exact) mass is 250 g/mol. The third-order valence-electron chi connectivity index (χ3n) is 4.46. The Labute approximate surface area is 111 Å². The molecule has 0 saturated carbocycles. The number of nitrogens with zero attached hydrogens (tertiary/aromatic N) is 2. The number of likely N-dealkylation sites (tertiary alicyclic amines) is 1. The molecule has 0 amide bonds. The van der Waals surface area contributed by atoms with Crippen molar-refractivity contribution in [1.82, 2.24) is 4.90 Å². The zero-order valence-corrected chi connectivity index (χ0v) is 11.7. The molecule has 0 aromatic rings.